The van der Waals surface area contributed by atoms with E-state index in [-0.39, 0.29) is 11.9 Å². The number of thiazole rings is 1. The second-order valence-electron chi connectivity index (χ2n) is 6.48. The summed E-state index contributed by atoms with van der Waals surface area (Å²) in [6.45, 7) is 1.86. The third-order valence-electron chi connectivity index (χ3n) is 4.51. The smallest absolute Gasteiger partial charge is 0.261 e. The summed E-state index contributed by atoms with van der Waals surface area (Å²) in [4.78, 5) is 33.4. The number of nitrogens with one attached hydrogen (secondary N) is 1. The van der Waals surface area contributed by atoms with Gasteiger partial charge in [0.2, 0.25) is 5.91 Å². The van der Waals surface area contributed by atoms with Gasteiger partial charge in [-0.2, -0.15) is 0 Å². The minimum absolute atomic E-state index is 0.132. The van der Waals surface area contributed by atoms with E-state index in [1.807, 2.05) is 17.5 Å². The largest absolute Gasteiger partial charge is 0.300 e. The Kier molecular flexibility index (Phi) is 5.18. The zero-order chi connectivity index (χ0) is 20.4. The first-order valence-electron chi connectivity index (χ1n) is 9.03. The standard InChI is InChI=1S/C21H17FN4O2S/c1-2-13-3-5-14(6-4-13)18-11-29-21(24-18)25-19(27)10-26-12-23-17-8-7-15(22)9-16(17)20(26)28/h3-9,11-12H,2,10H2,1H3,(H,24,25,27). The second kappa shape index (κ2) is 7.92. The van der Waals surface area contributed by atoms with E-state index in [4.69, 9.17) is 0 Å². The molecule has 0 saturated heterocycles. The molecule has 2 heterocycles. The third kappa shape index (κ3) is 4.07. The van der Waals surface area contributed by atoms with Crippen molar-refractivity contribution in [3.63, 3.8) is 0 Å². The fraction of sp³-hybridized carbons (Fsp3) is 0.143. The highest BCUT2D eigenvalue weighted by Crippen LogP contribution is 2.25. The van der Waals surface area contributed by atoms with Crippen LogP contribution in [0.1, 0.15) is 12.5 Å². The first kappa shape index (κ1) is 18.9. The summed E-state index contributed by atoms with van der Waals surface area (Å²) in [5.74, 6) is -0.937. The van der Waals surface area contributed by atoms with E-state index in [1.165, 1.54) is 35.4 Å². The Balaban J connectivity index is 1.49. The van der Waals surface area contributed by atoms with E-state index in [0.717, 1.165) is 28.3 Å². The summed E-state index contributed by atoms with van der Waals surface area (Å²) >= 11 is 1.31. The molecule has 4 aromatic rings. The number of anilines is 1. The molecule has 0 aliphatic carbocycles. The van der Waals surface area contributed by atoms with Gasteiger partial charge in [-0.15, -0.1) is 11.3 Å². The topological polar surface area (TPSA) is 76.9 Å². The van der Waals surface area contributed by atoms with Crippen molar-refractivity contribution in [2.24, 2.45) is 0 Å². The summed E-state index contributed by atoms with van der Waals surface area (Å²) in [7, 11) is 0. The van der Waals surface area contributed by atoms with Crippen molar-refractivity contribution < 1.29 is 9.18 Å². The number of halogens is 1. The van der Waals surface area contributed by atoms with Crippen LogP contribution in [0.3, 0.4) is 0 Å². The Hall–Kier alpha value is -3.39. The number of carbonyl (C=O) groups excluding carboxylic acids is 1. The van der Waals surface area contributed by atoms with Crippen LogP contribution in [0.2, 0.25) is 0 Å². The predicted molar refractivity (Wildman–Crippen MR) is 112 cm³/mol. The molecular weight excluding hydrogens is 391 g/mol. The van der Waals surface area contributed by atoms with Crippen molar-refractivity contribution >= 4 is 33.3 Å². The molecule has 146 valence electrons. The number of amides is 1. The molecule has 0 radical (unpaired) electrons. The van der Waals surface area contributed by atoms with Crippen LogP contribution in [0.5, 0.6) is 0 Å². The molecule has 0 atom stereocenters. The highest BCUT2D eigenvalue weighted by molar-refractivity contribution is 7.14. The Morgan fingerprint density at radius 1 is 1.21 bits per heavy atom. The van der Waals surface area contributed by atoms with Crippen molar-refractivity contribution in [2.75, 3.05) is 5.32 Å². The van der Waals surface area contributed by atoms with Crippen molar-refractivity contribution in [1.82, 2.24) is 14.5 Å². The predicted octanol–water partition coefficient (Wildman–Crippen LogP) is 3.86. The minimum Gasteiger partial charge on any atom is -0.300 e. The van der Waals surface area contributed by atoms with Gasteiger partial charge >= 0.3 is 0 Å². The zero-order valence-corrected chi connectivity index (χ0v) is 16.4. The first-order valence-corrected chi connectivity index (χ1v) is 9.91. The van der Waals surface area contributed by atoms with Crippen LogP contribution in [-0.2, 0) is 17.8 Å². The number of aryl methyl sites for hydroxylation is 1. The summed E-state index contributed by atoms with van der Waals surface area (Å²) in [5.41, 5.74) is 2.89. The fourth-order valence-electron chi connectivity index (χ4n) is 2.93. The number of benzene rings is 2. The lowest BCUT2D eigenvalue weighted by molar-refractivity contribution is -0.116. The monoisotopic (exact) mass is 408 g/mol. The molecule has 0 bridgehead atoms. The molecule has 0 aliphatic rings. The molecule has 0 unspecified atom stereocenters. The Morgan fingerprint density at radius 2 is 2.00 bits per heavy atom. The van der Waals surface area contributed by atoms with Gasteiger partial charge < -0.3 is 5.32 Å². The Bertz CT molecular complexity index is 1250. The highest BCUT2D eigenvalue weighted by Gasteiger charge is 2.11. The minimum atomic E-state index is -0.527. The molecule has 1 amide bonds. The number of hydrogen-bond donors (Lipinski definition) is 1. The average Bonchev–Trinajstić information content (AvgIpc) is 3.19. The number of hydrogen-bond acceptors (Lipinski definition) is 5. The van der Waals surface area contributed by atoms with Gasteiger partial charge in [0, 0.05) is 10.9 Å². The molecule has 0 spiro atoms. The lowest BCUT2D eigenvalue weighted by Gasteiger charge is -2.06. The Morgan fingerprint density at radius 3 is 2.76 bits per heavy atom. The van der Waals surface area contributed by atoms with Gasteiger partial charge in [-0.3, -0.25) is 14.2 Å². The molecule has 2 aromatic heterocycles. The molecule has 1 N–H and O–H groups in total. The van der Waals surface area contributed by atoms with E-state index in [2.05, 4.69) is 34.3 Å². The summed E-state index contributed by atoms with van der Waals surface area (Å²) in [5, 5.41) is 5.13. The van der Waals surface area contributed by atoms with Crippen LogP contribution in [0.4, 0.5) is 9.52 Å². The molecule has 2 aromatic carbocycles. The van der Waals surface area contributed by atoms with E-state index in [0.29, 0.717) is 10.6 Å². The second-order valence-corrected chi connectivity index (χ2v) is 7.33. The SMILES string of the molecule is CCc1ccc(-c2csc(NC(=O)Cn3cnc4ccc(F)cc4c3=O)n2)cc1. The fourth-order valence-corrected chi connectivity index (χ4v) is 3.67. The van der Waals surface area contributed by atoms with Crippen LogP contribution >= 0.6 is 11.3 Å². The van der Waals surface area contributed by atoms with E-state index in [1.54, 1.807) is 0 Å². The van der Waals surface area contributed by atoms with E-state index < -0.39 is 17.3 Å². The van der Waals surface area contributed by atoms with Crippen molar-refractivity contribution in [3.05, 3.63) is 75.9 Å². The van der Waals surface area contributed by atoms with Gasteiger partial charge in [0.1, 0.15) is 12.4 Å². The lowest BCUT2D eigenvalue weighted by atomic mass is 10.1. The van der Waals surface area contributed by atoms with Crippen LogP contribution in [-0.4, -0.2) is 20.4 Å². The number of fused-ring (bicyclic) bond motifs is 1. The number of nitrogens with zero attached hydrogens (tertiary/aromatic N) is 3. The normalized spacial score (nSPS) is 11.0. The number of rotatable bonds is 5. The number of carbonyl (C=O) groups is 1. The van der Waals surface area contributed by atoms with E-state index in [9.17, 15) is 14.0 Å². The first-order chi connectivity index (χ1) is 14.0. The number of aromatic nitrogens is 3. The molecule has 6 nitrogen and oxygen atoms in total. The maximum atomic E-state index is 13.4. The van der Waals surface area contributed by atoms with Crippen LogP contribution in [0.25, 0.3) is 22.2 Å². The molecule has 4 rings (SSSR count). The molecule has 29 heavy (non-hydrogen) atoms. The van der Waals surface area contributed by atoms with Crippen LogP contribution in [0.15, 0.2) is 59.0 Å². The van der Waals surface area contributed by atoms with Crippen molar-refractivity contribution in [1.29, 1.82) is 0 Å². The maximum Gasteiger partial charge on any atom is 0.261 e. The van der Waals surface area contributed by atoms with Gasteiger partial charge in [-0.05, 0) is 30.2 Å². The van der Waals surface area contributed by atoms with Crippen molar-refractivity contribution in [2.45, 2.75) is 19.9 Å². The quantitative estimate of drug-likeness (QED) is 0.544. The van der Waals surface area contributed by atoms with Gasteiger partial charge in [0.05, 0.1) is 22.9 Å². The highest BCUT2D eigenvalue weighted by atomic mass is 32.1. The van der Waals surface area contributed by atoms with Crippen LogP contribution in [0, 0.1) is 5.82 Å². The lowest BCUT2D eigenvalue weighted by Crippen LogP contribution is -2.27. The molecule has 0 aliphatic heterocycles. The van der Waals surface area contributed by atoms with Gasteiger partial charge in [0.15, 0.2) is 5.13 Å². The van der Waals surface area contributed by atoms with Gasteiger partial charge in [-0.25, -0.2) is 14.4 Å². The third-order valence-corrected chi connectivity index (χ3v) is 5.27. The summed E-state index contributed by atoms with van der Waals surface area (Å²) in [6.07, 6.45) is 2.25. The maximum absolute atomic E-state index is 13.4. The summed E-state index contributed by atoms with van der Waals surface area (Å²) in [6, 6.07) is 11.9. The molecule has 0 saturated carbocycles. The summed E-state index contributed by atoms with van der Waals surface area (Å²) < 4.78 is 14.6. The Labute approximate surface area is 169 Å². The van der Waals surface area contributed by atoms with E-state index >= 15 is 0 Å². The van der Waals surface area contributed by atoms with Crippen molar-refractivity contribution in [3.8, 4) is 11.3 Å². The average molecular weight is 408 g/mol. The van der Waals surface area contributed by atoms with Gasteiger partial charge in [-0.1, -0.05) is 31.2 Å². The zero-order valence-electron chi connectivity index (χ0n) is 15.6. The molecular formula is C21H17FN4O2S. The van der Waals surface area contributed by atoms with Gasteiger partial charge in [0.25, 0.3) is 5.56 Å². The molecule has 0 fully saturated rings. The molecule has 8 heteroatoms. The van der Waals surface area contributed by atoms with Crippen LogP contribution < -0.4 is 10.9 Å².